The van der Waals surface area contributed by atoms with Crippen LogP contribution >= 0.6 is 0 Å². The van der Waals surface area contributed by atoms with Crippen molar-refractivity contribution in [2.24, 2.45) is 5.73 Å². The minimum atomic E-state index is -4.49. The quantitative estimate of drug-likeness (QED) is 0.400. The lowest BCUT2D eigenvalue weighted by Gasteiger charge is -2.11. The number of anilines is 1. The van der Waals surface area contributed by atoms with Crippen LogP contribution < -0.4 is 21.9 Å². The SMILES string of the molecule is NCCn1nc(-c2ccn3c(-c4cccc(NC(=O)NCC(F)(F)F)c4)cnc3c2)ccc1=O. The first-order valence-corrected chi connectivity index (χ1v) is 10.2. The fourth-order valence-electron chi connectivity index (χ4n) is 3.35. The number of carbonyl (C=O) groups is 1. The van der Waals surface area contributed by atoms with Gasteiger partial charge in [-0.3, -0.25) is 9.20 Å². The maximum absolute atomic E-state index is 12.3. The lowest BCUT2D eigenvalue weighted by Crippen LogP contribution is -2.36. The van der Waals surface area contributed by atoms with Crippen LogP contribution in [0.3, 0.4) is 0 Å². The lowest BCUT2D eigenvalue weighted by molar-refractivity contribution is -0.122. The Kier molecular flexibility index (Phi) is 6.32. The van der Waals surface area contributed by atoms with Crippen molar-refractivity contribution in [3.8, 4) is 22.5 Å². The summed E-state index contributed by atoms with van der Waals surface area (Å²) in [5.74, 6) is 0. The Bertz CT molecular complexity index is 1400. The molecule has 0 saturated carbocycles. The summed E-state index contributed by atoms with van der Waals surface area (Å²) >= 11 is 0. The molecule has 12 heteroatoms. The number of nitrogens with two attached hydrogens (primary N) is 1. The van der Waals surface area contributed by atoms with Crippen molar-refractivity contribution in [3.05, 3.63) is 71.3 Å². The van der Waals surface area contributed by atoms with Crippen LogP contribution in [0.15, 0.2) is 65.7 Å². The van der Waals surface area contributed by atoms with Gasteiger partial charge in [0, 0.05) is 35.6 Å². The Balaban J connectivity index is 1.58. The molecule has 3 heterocycles. The number of urea groups is 1. The van der Waals surface area contributed by atoms with E-state index >= 15 is 0 Å². The number of halogens is 3. The first-order valence-electron chi connectivity index (χ1n) is 10.2. The molecule has 0 spiro atoms. The summed E-state index contributed by atoms with van der Waals surface area (Å²) in [6.07, 6.45) is -1.06. The van der Waals surface area contributed by atoms with Crippen molar-refractivity contribution in [1.29, 1.82) is 0 Å². The van der Waals surface area contributed by atoms with Crippen molar-refractivity contribution >= 4 is 17.4 Å². The van der Waals surface area contributed by atoms with Crippen LogP contribution in [0.25, 0.3) is 28.2 Å². The Morgan fingerprint density at radius 2 is 1.91 bits per heavy atom. The molecule has 0 unspecified atom stereocenters. The topological polar surface area (TPSA) is 119 Å². The largest absolute Gasteiger partial charge is 0.405 e. The van der Waals surface area contributed by atoms with Gasteiger partial charge in [-0.1, -0.05) is 12.1 Å². The normalized spacial score (nSPS) is 11.5. The zero-order valence-corrected chi connectivity index (χ0v) is 17.7. The number of rotatable bonds is 6. The van der Waals surface area contributed by atoms with Gasteiger partial charge in [-0.05, 0) is 30.3 Å². The van der Waals surface area contributed by atoms with Crippen LogP contribution in [0.1, 0.15) is 0 Å². The zero-order chi connectivity index (χ0) is 24.3. The number of aromatic nitrogens is 4. The van der Waals surface area contributed by atoms with E-state index in [0.29, 0.717) is 34.8 Å². The van der Waals surface area contributed by atoms with Gasteiger partial charge in [-0.2, -0.15) is 18.3 Å². The molecular formula is C22H20F3N7O2. The summed E-state index contributed by atoms with van der Waals surface area (Å²) in [6.45, 7) is -0.829. The number of hydrogen-bond acceptors (Lipinski definition) is 5. The molecule has 0 atom stereocenters. The molecule has 0 saturated heterocycles. The fourth-order valence-corrected chi connectivity index (χ4v) is 3.35. The van der Waals surface area contributed by atoms with Crippen molar-refractivity contribution in [2.75, 3.05) is 18.4 Å². The summed E-state index contributed by atoms with van der Waals surface area (Å²) in [7, 11) is 0. The van der Waals surface area contributed by atoms with E-state index in [0.717, 1.165) is 5.56 Å². The standard InChI is InChI=1S/C22H20F3N7O2/c23-22(24,25)13-28-21(34)29-16-3-1-2-15(10-16)18-12-27-19-11-14(6-8-31(18)19)17-4-5-20(33)32(30-17)9-7-26/h1-6,8,10-12H,7,9,13,26H2,(H2,28,29,34). The molecule has 4 aromatic rings. The van der Waals surface area contributed by atoms with E-state index in [2.05, 4.69) is 15.4 Å². The lowest BCUT2D eigenvalue weighted by atomic mass is 10.1. The maximum atomic E-state index is 12.3. The van der Waals surface area contributed by atoms with Crippen molar-refractivity contribution < 1.29 is 18.0 Å². The second-order valence-electron chi connectivity index (χ2n) is 7.36. The minimum Gasteiger partial charge on any atom is -0.329 e. The highest BCUT2D eigenvalue weighted by Gasteiger charge is 2.27. The molecular weight excluding hydrogens is 451 g/mol. The van der Waals surface area contributed by atoms with Gasteiger partial charge in [0.15, 0.2) is 0 Å². The van der Waals surface area contributed by atoms with Crippen molar-refractivity contribution in [2.45, 2.75) is 12.7 Å². The number of pyridine rings is 1. The van der Waals surface area contributed by atoms with Crippen LogP contribution in [0.4, 0.5) is 23.7 Å². The molecule has 4 N–H and O–H groups in total. The summed E-state index contributed by atoms with van der Waals surface area (Å²) in [4.78, 5) is 28.1. The van der Waals surface area contributed by atoms with E-state index < -0.39 is 18.8 Å². The highest BCUT2D eigenvalue weighted by atomic mass is 19.4. The van der Waals surface area contributed by atoms with Gasteiger partial charge in [0.25, 0.3) is 5.56 Å². The predicted molar refractivity (Wildman–Crippen MR) is 120 cm³/mol. The molecule has 0 aliphatic rings. The van der Waals surface area contributed by atoms with Gasteiger partial charge in [0.2, 0.25) is 0 Å². The number of nitrogens with zero attached hydrogens (tertiary/aromatic N) is 4. The first kappa shape index (κ1) is 23.0. The molecule has 0 radical (unpaired) electrons. The Morgan fingerprint density at radius 1 is 1.09 bits per heavy atom. The van der Waals surface area contributed by atoms with Crippen LogP contribution in [-0.2, 0) is 6.54 Å². The number of carbonyl (C=O) groups excluding carboxylic acids is 1. The first-order chi connectivity index (χ1) is 16.2. The molecule has 176 valence electrons. The molecule has 0 bridgehead atoms. The van der Waals surface area contributed by atoms with Crippen LogP contribution in [-0.4, -0.2) is 44.5 Å². The minimum absolute atomic E-state index is 0.237. The molecule has 0 fully saturated rings. The Hall–Kier alpha value is -4.19. The molecule has 1 aromatic carbocycles. The smallest absolute Gasteiger partial charge is 0.329 e. The predicted octanol–water partition coefficient (Wildman–Crippen LogP) is 2.87. The van der Waals surface area contributed by atoms with Crippen LogP contribution in [0, 0.1) is 0 Å². The van der Waals surface area contributed by atoms with Crippen molar-refractivity contribution in [3.63, 3.8) is 0 Å². The van der Waals surface area contributed by atoms with E-state index in [9.17, 15) is 22.8 Å². The third-order valence-corrected chi connectivity index (χ3v) is 4.88. The average molecular weight is 471 g/mol. The fraction of sp³-hybridized carbons (Fsp3) is 0.182. The van der Waals surface area contributed by atoms with E-state index in [1.807, 2.05) is 16.5 Å². The molecule has 9 nitrogen and oxygen atoms in total. The number of imidazole rings is 1. The molecule has 0 aliphatic carbocycles. The highest BCUT2D eigenvalue weighted by molar-refractivity contribution is 5.90. The van der Waals surface area contributed by atoms with Gasteiger partial charge < -0.3 is 16.4 Å². The van der Waals surface area contributed by atoms with Crippen LogP contribution in [0.5, 0.6) is 0 Å². The van der Waals surface area contributed by atoms with E-state index in [4.69, 9.17) is 5.73 Å². The van der Waals surface area contributed by atoms with Gasteiger partial charge in [-0.25, -0.2) is 14.5 Å². The van der Waals surface area contributed by atoms with Gasteiger partial charge in [0.05, 0.1) is 24.1 Å². The Morgan fingerprint density at radius 3 is 2.68 bits per heavy atom. The van der Waals surface area contributed by atoms with Crippen molar-refractivity contribution in [1.82, 2.24) is 24.5 Å². The third-order valence-electron chi connectivity index (χ3n) is 4.88. The van der Waals surface area contributed by atoms with E-state index in [1.54, 1.807) is 48.0 Å². The monoisotopic (exact) mass is 471 g/mol. The summed E-state index contributed by atoms with van der Waals surface area (Å²) < 4.78 is 40.0. The molecule has 34 heavy (non-hydrogen) atoms. The van der Waals surface area contributed by atoms with Gasteiger partial charge in [-0.15, -0.1) is 0 Å². The van der Waals surface area contributed by atoms with Gasteiger partial charge >= 0.3 is 12.2 Å². The number of alkyl halides is 3. The van der Waals surface area contributed by atoms with Crippen LogP contribution in [0.2, 0.25) is 0 Å². The molecule has 4 rings (SSSR count). The summed E-state index contributed by atoms with van der Waals surface area (Å²) in [5.41, 5.74) is 9.00. The van der Waals surface area contributed by atoms with E-state index in [-0.39, 0.29) is 12.1 Å². The second kappa shape index (κ2) is 9.35. The second-order valence-corrected chi connectivity index (χ2v) is 7.36. The number of hydrogen-bond donors (Lipinski definition) is 3. The number of amides is 2. The number of benzene rings is 1. The third kappa shape index (κ3) is 5.23. The molecule has 2 amide bonds. The number of nitrogens with one attached hydrogen (secondary N) is 2. The number of fused-ring (bicyclic) bond motifs is 1. The molecule has 0 aliphatic heterocycles. The maximum Gasteiger partial charge on any atom is 0.405 e. The highest BCUT2D eigenvalue weighted by Crippen LogP contribution is 2.26. The Labute approximate surface area is 191 Å². The zero-order valence-electron chi connectivity index (χ0n) is 17.7. The van der Waals surface area contributed by atoms with Gasteiger partial charge in [0.1, 0.15) is 12.2 Å². The summed E-state index contributed by atoms with van der Waals surface area (Å²) in [6, 6.07) is 12.4. The van der Waals surface area contributed by atoms with E-state index in [1.165, 1.54) is 10.7 Å². The molecule has 3 aromatic heterocycles. The average Bonchev–Trinajstić information content (AvgIpc) is 3.22. The summed E-state index contributed by atoms with van der Waals surface area (Å²) in [5, 5.41) is 8.50.